The van der Waals surface area contributed by atoms with Gasteiger partial charge in [0.25, 0.3) is 0 Å². The van der Waals surface area contributed by atoms with Crippen LogP contribution in [0.4, 0.5) is 0 Å². The Morgan fingerprint density at radius 3 is 2.50 bits per heavy atom. The molecule has 20 heavy (non-hydrogen) atoms. The minimum atomic E-state index is 0.623. The molecule has 1 aliphatic heterocycles. The van der Waals surface area contributed by atoms with Crippen molar-refractivity contribution >= 4 is 27.6 Å². The summed E-state index contributed by atoms with van der Waals surface area (Å²) in [5, 5.41) is 1.14. The van der Waals surface area contributed by atoms with E-state index in [9.17, 15) is 0 Å². The van der Waals surface area contributed by atoms with E-state index in [4.69, 9.17) is 12.2 Å². The molecule has 2 nitrogen and oxygen atoms in total. The fourth-order valence-corrected chi connectivity index (χ4v) is 4.57. The lowest BCUT2D eigenvalue weighted by Crippen LogP contribution is -2.38. The van der Waals surface area contributed by atoms with Crippen LogP contribution in [-0.2, 0) is 0 Å². The summed E-state index contributed by atoms with van der Waals surface area (Å²) in [6.45, 7) is 8.30. The summed E-state index contributed by atoms with van der Waals surface area (Å²) in [7, 11) is 1.35. The Labute approximate surface area is 133 Å². The summed E-state index contributed by atoms with van der Waals surface area (Å²) in [4.78, 5) is 4.99. The van der Waals surface area contributed by atoms with Crippen molar-refractivity contribution in [1.29, 1.82) is 0 Å². The van der Waals surface area contributed by atoms with Gasteiger partial charge < -0.3 is 9.80 Å². The molecule has 0 N–H and O–H groups in total. The number of unbranched alkanes of at least 4 members (excludes halogenated alkanes) is 1. The van der Waals surface area contributed by atoms with Crippen molar-refractivity contribution in [2.75, 3.05) is 19.6 Å². The molecule has 2 fully saturated rings. The van der Waals surface area contributed by atoms with Crippen LogP contribution in [0, 0.1) is 11.8 Å². The average molecular weight is 313 g/mol. The van der Waals surface area contributed by atoms with Gasteiger partial charge in [0.15, 0.2) is 5.11 Å². The van der Waals surface area contributed by atoms with Crippen LogP contribution in [0.5, 0.6) is 0 Å². The maximum atomic E-state index is 5.74. The monoisotopic (exact) mass is 312 g/mol. The smallest absolute Gasteiger partial charge is 0.171 e. The molecule has 0 aromatic heterocycles. The first kappa shape index (κ1) is 16.3. The Morgan fingerprint density at radius 1 is 1.15 bits per heavy atom. The zero-order chi connectivity index (χ0) is 14.5. The zero-order valence-corrected chi connectivity index (χ0v) is 16.4. The van der Waals surface area contributed by atoms with E-state index in [1.54, 1.807) is 0 Å². The van der Waals surface area contributed by atoms with E-state index in [1.165, 1.54) is 67.9 Å². The first-order chi connectivity index (χ1) is 9.61. The predicted molar refractivity (Wildman–Crippen MR) is 95.4 cm³/mol. The molecule has 0 unspecified atom stereocenters. The van der Waals surface area contributed by atoms with Crippen LogP contribution in [0.3, 0.4) is 0 Å². The van der Waals surface area contributed by atoms with Gasteiger partial charge in [0.1, 0.15) is 0 Å². The minimum absolute atomic E-state index is 0.623. The molecule has 1 atom stereocenters. The molecule has 1 aliphatic carbocycles. The van der Waals surface area contributed by atoms with Gasteiger partial charge in [0, 0.05) is 35.9 Å². The van der Waals surface area contributed by atoms with E-state index < -0.39 is 0 Å². The number of rotatable bonds is 6. The van der Waals surface area contributed by atoms with E-state index in [-0.39, 0.29) is 0 Å². The molecular formula is C16H32N2SSi. The van der Waals surface area contributed by atoms with Crippen LogP contribution in [-0.4, -0.2) is 50.8 Å². The Morgan fingerprint density at radius 2 is 1.85 bits per heavy atom. The van der Waals surface area contributed by atoms with E-state index in [0.717, 1.165) is 23.5 Å². The molecule has 2 aliphatic rings. The Bertz CT molecular complexity index is 316. The number of hydrogen-bond acceptors (Lipinski definition) is 1. The molecule has 0 aromatic rings. The van der Waals surface area contributed by atoms with Gasteiger partial charge in [0.05, 0.1) is 0 Å². The topological polar surface area (TPSA) is 6.48 Å². The maximum absolute atomic E-state index is 5.74. The van der Waals surface area contributed by atoms with E-state index in [1.807, 2.05) is 0 Å². The minimum Gasteiger partial charge on any atom is -0.347 e. The highest BCUT2D eigenvalue weighted by Crippen LogP contribution is 2.30. The standard InChI is InChI=1S/C16H32N2SSi/c1-13-5-7-15(8-6-13)12-18-14(2)11-17(16(18)19)9-3-4-10-20/h13-15H,3-12H2,1-2,20H3/t13?,14-,15?/m1/s1. The SMILES string of the molecule is CC1CCC(CN2C(=S)N(CCCC[SiH3])C[C@H]2C)CC1. The van der Waals surface area contributed by atoms with Gasteiger partial charge >= 0.3 is 0 Å². The van der Waals surface area contributed by atoms with Crippen molar-refractivity contribution in [3.8, 4) is 0 Å². The highest BCUT2D eigenvalue weighted by molar-refractivity contribution is 7.80. The van der Waals surface area contributed by atoms with E-state index in [0.29, 0.717) is 6.04 Å². The predicted octanol–water partition coefficient (Wildman–Crippen LogP) is 2.67. The number of hydrogen-bond donors (Lipinski definition) is 0. The third kappa shape index (κ3) is 4.20. The quantitative estimate of drug-likeness (QED) is 0.423. The lowest BCUT2D eigenvalue weighted by molar-refractivity contribution is 0.227. The van der Waals surface area contributed by atoms with Gasteiger partial charge in [-0.05, 0) is 50.2 Å². The highest BCUT2D eigenvalue weighted by Gasteiger charge is 2.32. The Balaban J connectivity index is 1.80. The van der Waals surface area contributed by atoms with Gasteiger partial charge in [-0.1, -0.05) is 32.2 Å². The fraction of sp³-hybridized carbons (Fsp3) is 0.938. The van der Waals surface area contributed by atoms with Gasteiger partial charge in [-0.25, -0.2) is 0 Å². The molecule has 116 valence electrons. The first-order valence-corrected chi connectivity index (χ1v) is 10.5. The van der Waals surface area contributed by atoms with Gasteiger partial charge in [-0.3, -0.25) is 0 Å². The van der Waals surface area contributed by atoms with Crippen LogP contribution >= 0.6 is 12.2 Å². The average Bonchev–Trinajstić information content (AvgIpc) is 2.69. The Hall–Kier alpha value is -0.0931. The summed E-state index contributed by atoms with van der Waals surface area (Å²) in [5.41, 5.74) is 0. The zero-order valence-electron chi connectivity index (χ0n) is 13.6. The lowest BCUT2D eigenvalue weighted by Gasteiger charge is -2.32. The van der Waals surface area contributed by atoms with Gasteiger partial charge in [-0.15, -0.1) is 0 Å². The van der Waals surface area contributed by atoms with E-state index in [2.05, 4.69) is 23.6 Å². The summed E-state index contributed by atoms with van der Waals surface area (Å²) in [6, 6.07) is 2.05. The second-order valence-corrected chi connectivity index (χ2v) is 8.43. The molecule has 0 amide bonds. The lowest BCUT2D eigenvalue weighted by atomic mass is 9.83. The Kier molecular flexibility index (Phi) is 6.34. The maximum Gasteiger partial charge on any atom is 0.171 e. The number of thiocarbonyl (C=S) groups is 1. The molecule has 0 spiro atoms. The molecule has 0 aromatic carbocycles. The fourth-order valence-electron chi connectivity index (χ4n) is 3.65. The third-order valence-electron chi connectivity index (χ3n) is 5.15. The second kappa shape index (κ2) is 7.78. The molecule has 0 bridgehead atoms. The third-order valence-corrected chi connectivity index (χ3v) is 6.35. The molecular weight excluding hydrogens is 280 g/mol. The molecule has 1 saturated heterocycles. The van der Waals surface area contributed by atoms with Crippen LogP contribution in [0.15, 0.2) is 0 Å². The summed E-state index contributed by atoms with van der Waals surface area (Å²) in [5.74, 6) is 1.83. The summed E-state index contributed by atoms with van der Waals surface area (Å²) < 4.78 is 0. The number of nitrogens with zero attached hydrogens (tertiary/aromatic N) is 2. The van der Waals surface area contributed by atoms with Crippen LogP contribution in [0.1, 0.15) is 52.4 Å². The van der Waals surface area contributed by atoms with Gasteiger partial charge in [0.2, 0.25) is 0 Å². The van der Waals surface area contributed by atoms with Crippen molar-refractivity contribution in [3.05, 3.63) is 0 Å². The highest BCUT2D eigenvalue weighted by atomic mass is 32.1. The molecule has 2 rings (SSSR count). The van der Waals surface area contributed by atoms with Crippen molar-refractivity contribution in [1.82, 2.24) is 9.80 Å². The summed E-state index contributed by atoms with van der Waals surface area (Å²) in [6.07, 6.45) is 8.37. The second-order valence-electron chi connectivity index (χ2n) is 7.06. The largest absolute Gasteiger partial charge is 0.347 e. The van der Waals surface area contributed by atoms with Crippen LogP contribution in [0.25, 0.3) is 0 Å². The van der Waals surface area contributed by atoms with Gasteiger partial charge in [-0.2, -0.15) is 0 Å². The normalized spacial score (nSPS) is 31.3. The van der Waals surface area contributed by atoms with Crippen LogP contribution in [0.2, 0.25) is 6.04 Å². The molecule has 1 heterocycles. The van der Waals surface area contributed by atoms with Crippen molar-refractivity contribution in [2.24, 2.45) is 11.8 Å². The van der Waals surface area contributed by atoms with Crippen molar-refractivity contribution in [3.63, 3.8) is 0 Å². The molecule has 0 radical (unpaired) electrons. The van der Waals surface area contributed by atoms with Crippen molar-refractivity contribution in [2.45, 2.75) is 64.5 Å². The van der Waals surface area contributed by atoms with E-state index >= 15 is 0 Å². The molecule has 1 saturated carbocycles. The first-order valence-electron chi connectivity index (χ1n) is 8.67. The molecule has 4 heteroatoms. The summed E-state index contributed by atoms with van der Waals surface area (Å²) >= 11 is 5.74. The van der Waals surface area contributed by atoms with Crippen molar-refractivity contribution < 1.29 is 0 Å². The van der Waals surface area contributed by atoms with Crippen LogP contribution < -0.4 is 0 Å².